The Kier molecular flexibility index (Phi) is 4.80. The summed E-state index contributed by atoms with van der Waals surface area (Å²) < 4.78 is 0. The quantitative estimate of drug-likeness (QED) is 0.859. The summed E-state index contributed by atoms with van der Waals surface area (Å²) in [5, 5.41) is 11.2. The molecule has 0 unspecified atom stereocenters. The summed E-state index contributed by atoms with van der Waals surface area (Å²) in [6.07, 6.45) is 3.39. The lowest BCUT2D eigenvalue weighted by molar-refractivity contribution is -0.134. The third-order valence-electron chi connectivity index (χ3n) is 6.06. The van der Waals surface area contributed by atoms with Crippen LogP contribution in [0.4, 0.5) is 0 Å². The number of H-pyrrole nitrogens is 1. The normalized spacial score (nSPS) is 20.7. The molecule has 1 N–H and O–H groups in total. The number of likely N-dealkylation sites (tertiary alicyclic amines) is 1. The summed E-state index contributed by atoms with van der Waals surface area (Å²) in [6, 6.07) is 4.34. The van der Waals surface area contributed by atoms with E-state index >= 15 is 0 Å². The summed E-state index contributed by atoms with van der Waals surface area (Å²) in [7, 11) is 0. The number of rotatable bonds is 5. The molecule has 4 rings (SSSR count). The Bertz CT molecular complexity index is 821. The number of amides is 2. The van der Waals surface area contributed by atoms with Gasteiger partial charge in [-0.25, -0.2) is 0 Å². The third-order valence-corrected chi connectivity index (χ3v) is 6.80. The highest BCUT2D eigenvalue weighted by Crippen LogP contribution is 2.57. The molecule has 1 saturated heterocycles. The van der Waals surface area contributed by atoms with Gasteiger partial charge in [-0.2, -0.15) is 16.4 Å². The first-order chi connectivity index (χ1) is 13.0. The predicted octanol–water partition coefficient (Wildman–Crippen LogP) is 2.75. The zero-order chi connectivity index (χ0) is 19.0. The number of carbonyl (C=O) groups is 2. The topological polar surface area (TPSA) is 69.3 Å². The number of aryl methyl sites for hydroxylation is 1. The first kappa shape index (κ1) is 18.2. The van der Waals surface area contributed by atoms with Crippen molar-refractivity contribution in [2.75, 3.05) is 13.1 Å². The van der Waals surface area contributed by atoms with Crippen molar-refractivity contribution in [1.82, 2.24) is 20.0 Å². The van der Waals surface area contributed by atoms with Crippen LogP contribution in [0.15, 0.2) is 22.9 Å². The van der Waals surface area contributed by atoms with Crippen LogP contribution in [-0.2, 0) is 22.6 Å². The van der Waals surface area contributed by atoms with Crippen LogP contribution < -0.4 is 0 Å². The molecular weight excluding hydrogens is 360 g/mol. The van der Waals surface area contributed by atoms with E-state index in [1.54, 1.807) is 18.3 Å². The number of piperidine rings is 1. The summed E-state index contributed by atoms with van der Waals surface area (Å²) in [5.41, 5.74) is 3.20. The van der Waals surface area contributed by atoms with Crippen LogP contribution in [0.3, 0.4) is 0 Å². The van der Waals surface area contributed by atoms with Crippen molar-refractivity contribution in [2.24, 2.45) is 5.41 Å². The van der Waals surface area contributed by atoms with Gasteiger partial charge in [-0.15, -0.1) is 0 Å². The molecule has 2 amide bonds. The lowest BCUT2D eigenvalue weighted by Gasteiger charge is -2.34. The van der Waals surface area contributed by atoms with Crippen LogP contribution in [0, 0.1) is 12.3 Å². The molecular formula is C20H26N4O2S. The highest BCUT2D eigenvalue weighted by molar-refractivity contribution is 7.07. The van der Waals surface area contributed by atoms with Gasteiger partial charge in [0.15, 0.2) is 0 Å². The van der Waals surface area contributed by atoms with Gasteiger partial charge in [0.05, 0.1) is 12.1 Å². The van der Waals surface area contributed by atoms with Gasteiger partial charge in [-0.05, 0) is 60.1 Å². The monoisotopic (exact) mass is 386 g/mol. The van der Waals surface area contributed by atoms with Gasteiger partial charge >= 0.3 is 0 Å². The van der Waals surface area contributed by atoms with E-state index in [0.717, 1.165) is 43.7 Å². The van der Waals surface area contributed by atoms with Gasteiger partial charge in [-0.3, -0.25) is 14.7 Å². The molecule has 7 heteroatoms. The maximum Gasteiger partial charge on any atom is 0.228 e. The molecule has 1 spiro atoms. The predicted molar refractivity (Wildman–Crippen MR) is 104 cm³/mol. The van der Waals surface area contributed by atoms with Gasteiger partial charge in [0, 0.05) is 38.3 Å². The van der Waals surface area contributed by atoms with Crippen LogP contribution in [0.1, 0.15) is 43.1 Å². The van der Waals surface area contributed by atoms with Crippen molar-refractivity contribution in [3.05, 3.63) is 39.8 Å². The Morgan fingerprint density at radius 3 is 2.78 bits per heavy atom. The van der Waals surface area contributed by atoms with Crippen molar-refractivity contribution in [3.63, 3.8) is 0 Å². The fourth-order valence-electron chi connectivity index (χ4n) is 4.36. The Balaban J connectivity index is 1.33. The molecule has 27 heavy (non-hydrogen) atoms. The molecule has 2 fully saturated rings. The zero-order valence-corrected chi connectivity index (χ0v) is 16.7. The number of aromatic amines is 1. The van der Waals surface area contributed by atoms with Crippen molar-refractivity contribution in [1.29, 1.82) is 0 Å². The van der Waals surface area contributed by atoms with Crippen LogP contribution in [0.5, 0.6) is 0 Å². The van der Waals surface area contributed by atoms with E-state index in [-0.39, 0.29) is 17.2 Å². The van der Waals surface area contributed by atoms with Gasteiger partial charge in [0.2, 0.25) is 11.8 Å². The number of hydrogen-bond acceptors (Lipinski definition) is 4. The molecule has 2 aromatic heterocycles. The van der Waals surface area contributed by atoms with E-state index in [2.05, 4.69) is 27.0 Å². The van der Waals surface area contributed by atoms with Crippen LogP contribution in [-0.4, -0.2) is 50.9 Å². The Labute approximate surface area is 163 Å². The molecule has 1 atom stereocenters. The molecule has 2 aromatic rings. The van der Waals surface area contributed by atoms with Gasteiger partial charge in [0.1, 0.15) is 0 Å². The van der Waals surface area contributed by atoms with E-state index in [9.17, 15) is 9.59 Å². The molecule has 6 nitrogen and oxygen atoms in total. The molecule has 1 saturated carbocycles. The molecule has 1 aliphatic carbocycles. The number of hydrogen-bond donors (Lipinski definition) is 1. The minimum atomic E-state index is 0.148. The van der Waals surface area contributed by atoms with Crippen LogP contribution in [0.25, 0.3) is 0 Å². The Morgan fingerprint density at radius 2 is 2.19 bits per heavy atom. The van der Waals surface area contributed by atoms with E-state index < -0.39 is 0 Å². The van der Waals surface area contributed by atoms with Crippen LogP contribution in [0.2, 0.25) is 0 Å². The van der Waals surface area contributed by atoms with Gasteiger partial charge < -0.3 is 9.80 Å². The highest BCUT2D eigenvalue weighted by Gasteiger charge is 2.58. The zero-order valence-electron chi connectivity index (χ0n) is 15.9. The second kappa shape index (κ2) is 7.11. The second-order valence-electron chi connectivity index (χ2n) is 7.96. The van der Waals surface area contributed by atoms with Crippen LogP contribution >= 0.6 is 11.3 Å². The van der Waals surface area contributed by atoms with Crippen molar-refractivity contribution in [3.8, 4) is 0 Å². The molecule has 1 aliphatic heterocycles. The summed E-state index contributed by atoms with van der Waals surface area (Å²) in [6.45, 7) is 5.87. The fraction of sp³-hybridized carbons (Fsp3) is 0.550. The first-order valence-corrected chi connectivity index (χ1v) is 10.5. The Morgan fingerprint density at radius 1 is 1.41 bits per heavy atom. The number of nitrogens with zero attached hydrogens (tertiary/aromatic N) is 3. The lowest BCUT2D eigenvalue weighted by atomic mass is 9.92. The molecule has 3 heterocycles. The van der Waals surface area contributed by atoms with E-state index in [4.69, 9.17) is 0 Å². The number of carbonyl (C=O) groups excluding carboxylic acids is 2. The maximum absolute atomic E-state index is 12.6. The maximum atomic E-state index is 12.6. The summed E-state index contributed by atoms with van der Waals surface area (Å²) in [4.78, 5) is 28.8. The van der Waals surface area contributed by atoms with Crippen molar-refractivity contribution >= 4 is 23.2 Å². The second-order valence-corrected chi connectivity index (χ2v) is 8.74. The highest BCUT2D eigenvalue weighted by atomic mass is 32.1. The minimum absolute atomic E-state index is 0.148. The molecule has 2 aliphatic rings. The third kappa shape index (κ3) is 3.78. The standard InChI is InChI=1S/C20H26N4O2S/c1-14-9-17(22-21-14)10-19(26)23-6-4-20(5-7-23)11-18(20)24(15(2)25)12-16-3-8-27-13-16/h3,8-9,13,18H,4-7,10-12H2,1-2H3,(H,21,22)/t18-/m1/s1. The SMILES string of the molecule is CC(=O)N(Cc1ccsc1)[C@@H]1CC12CCN(C(=O)Cc1cc(C)[nH]n1)CC2. The number of aromatic nitrogens is 2. The first-order valence-electron chi connectivity index (χ1n) is 9.54. The Hall–Kier alpha value is -2.15. The molecule has 144 valence electrons. The van der Waals surface area contributed by atoms with E-state index in [0.29, 0.717) is 19.0 Å². The van der Waals surface area contributed by atoms with Gasteiger partial charge in [0.25, 0.3) is 0 Å². The van der Waals surface area contributed by atoms with E-state index in [1.807, 2.05) is 22.8 Å². The van der Waals surface area contributed by atoms with E-state index in [1.165, 1.54) is 5.56 Å². The lowest BCUT2D eigenvalue weighted by Crippen LogP contribution is -2.43. The smallest absolute Gasteiger partial charge is 0.228 e. The van der Waals surface area contributed by atoms with Gasteiger partial charge in [-0.1, -0.05) is 0 Å². The molecule has 0 bridgehead atoms. The summed E-state index contributed by atoms with van der Waals surface area (Å²) >= 11 is 1.67. The average molecular weight is 387 g/mol. The largest absolute Gasteiger partial charge is 0.342 e. The fourth-order valence-corrected chi connectivity index (χ4v) is 5.02. The number of thiophene rings is 1. The number of nitrogens with one attached hydrogen (secondary N) is 1. The minimum Gasteiger partial charge on any atom is -0.342 e. The average Bonchev–Trinajstić information content (AvgIpc) is 3.00. The molecule has 0 aromatic carbocycles. The summed E-state index contributed by atoms with van der Waals surface area (Å²) in [5.74, 6) is 0.297. The van der Waals surface area contributed by atoms with Crippen molar-refractivity contribution in [2.45, 2.75) is 52.1 Å². The molecule has 0 radical (unpaired) electrons. The van der Waals surface area contributed by atoms with Crippen molar-refractivity contribution < 1.29 is 9.59 Å².